The molecule has 0 saturated carbocycles. The topological polar surface area (TPSA) is 47.6 Å². The second-order valence-corrected chi connectivity index (χ2v) is 5.77. The SMILES string of the molecule is C[C@H]1Oc2ccccc2O[C@H]1C(=O)Nc1ccc(Cl)cc1Cl. The van der Waals surface area contributed by atoms with Gasteiger partial charge in [0.1, 0.15) is 6.10 Å². The molecule has 6 heteroatoms. The molecule has 4 nitrogen and oxygen atoms in total. The summed E-state index contributed by atoms with van der Waals surface area (Å²) in [6.07, 6.45) is -1.18. The van der Waals surface area contributed by atoms with Crippen molar-refractivity contribution < 1.29 is 14.3 Å². The summed E-state index contributed by atoms with van der Waals surface area (Å²) in [5.74, 6) is 0.845. The molecule has 0 bridgehead atoms. The summed E-state index contributed by atoms with van der Waals surface area (Å²) in [5, 5.41) is 3.60. The molecule has 0 aromatic heterocycles. The second kappa shape index (κ2) is 6.07. The molecule has 3 rings (SSSR count). The zero-order valence-electron chi connectivity index (χ0n) is 11.7. The van der Waals surface area contributed by atoms with Crippen molar-refractivity contribution in [3.63, 3.8) is 0 Å². The lowest BCUT2D eigenvalue weighted by atomic mass is 10.1. The predicted octanol–water partition coefficient (Wildman–Crippen LogP) is 4.16. The molecule has 0 spiro atoms. The van der Waals surface area contributed by atoms with Crippen molar-refractivity contribution in [3.05, 3.63) is 52.5 Å². The molecule has 1 N–H and O–H groups in total. The average molecular weight is 338 g/mol. The Hall–Kier alpha value is -1.91. The minimum atomic E-state index is -0.762. The van der Waals surface area contributed by atoms with Crippen LogP contribution in [-0.2, 0) is 4.79 Å². The normalized spacial score (nSPS) is 19.6. The van der Waals surface area contributed by atoms with Crippen molar-refractivity contribution >= 4 is 34.8 Å². The van der Waals surface area contributed by atoms with Gasteiger partial charge in [0.15, 0.2) is 11.5 Å². The molecule has 2 aromatic rings. The number of benzene rings is 2. The fraction of sp³-hybridized carbons (Fsp3) is 0.188. The molecule has 1 amide bonds. The summed E-state index contributed by atoms with van der Waals surface area (Å²) in [5.41, 5.74) is 0.478. The fourth-order valence-corrected chi connectivity index (χ4v) is 2.66. The van der Waals surface area contributed by atoms with Crippen LogP contribution in [0.2, 0.25) is 10.0 Å². The van der Waals surface area contributed by atoms with Crippen LogP contribution in [0.5, 0.6) is 11.5 Å². The Morgan fingerprint density at radius 1 is 1.09 bits per heavy atom. The van der Waals surface area contributed by atoms with E-state index in [1.54, 1.807) is 37.3 Å². The average Bonchev–Trinajstić information content (AvgIpc) is 2.49. The number of para-hydroxylation sites is 2. The van der Waals surface area contributed by atoms with Crippen molar-refractivity contribution in [2.45, 2.75) is 19.1 Å². The number of hydrogen-bond donors (Lipinski definition) is 1. The molecular formula is C16H13Cl2NO3. The van der Waals surface area contributed by atoms with E-state index in [9.17, 15) is 4.79 Å². The number of halogens is 2. The second-order valence-electron chi connectivity index (χ2n) is 4.92. The zero-order chi connectivity index (χ0) is 15.7. The van der Waals surface area contributed by atoms with Gasteiger partial charge in [-0.25, -0.2) is 0 Å². The van der Waals surface area contributed by atoms with Gasteiger partial charge in [-0.2, -0.15) is 0 Å². The highest BCUT2D eigenvalue weighted by Gasteiger charge is 2.34. The third kappa shape index (κ3) is 2.98. The van der Waals surface area contributed by atoms with E-state index in [1.807, 2.05) is 12.1 Å². The maximum atomic E-state index is 12.4. The molecular weight excluding hydrogens is 325 g/mol. The first-order valence-electron chi connectivity index (χ1n) is 6.73. The van der Waals surface area contributed by atoms with Crippen molar-refractivity contribution in [2.75, 3.05) is 5.32 Å². The lowest BCUT2D eigenvalue weighted by molar-refractivity contribution is -0.128. The van der Waals surface area contributed by atoms with E-state index in [2.05, 4.69) is 5.32 Å². The van der Waals surface area contributed by atoms with E-state index in [-0.39, 0.29) is 5.91 Å². The van der Waals surface area contributed by atoms with Crippen molar-refractivity contribution in [3.8, 4) is 11.5 Å². The van der Waals surface area contributed by atoms with E-state index in [0.29, 0.717) is 27.2 Å². The Labute approximate surface area is 137 Å². The standard InChI is InChI=1S/C16H13Cl2NO3/c1-9-15(22-14-5-3-2-4-13(14)21-9)16(20)19-12-7-6-10(17)8-11(12)18/h2-9,15H,1H3,(H,19,20)/t9-,15-/m1/s1. The number of fused-ring (bicyclic) bond motifs is 1. The minimum Gasteiger partial charge on any atom is -0.482 e. The van der Waals surface area contributed by atoms with E-state index in [4.69, 9.17) is 32.7 Å². The summed E-state index contributed by atoms with van der Waals surface area (Å²) in [4.78, 5) is 12.4. The highest BCUT2D eigenvalue weighted by molar-refractivity contribution is 6.36. The van der Waals surface area contributed by atoms with Gasteiger partial charge in [-0.3, -0.25) is 4.79 Å². The van der Waals surface area contributed by atoms with Crippen molar-refractivity contribution in [2.24, 2.45) is 0 Å². The van der Waals surface area contributed by atoms with Gasteiger partial charge >= 0.3 is 0 Å². The molecule has 22 heavy (non-hydrogen) atoms. The molecule has 0 saturated heterocycles. The van der Waals surface area contributed by atoms with Gasteiger partial charge < -0.3 is 14.8 Å². The number of nitrogens with one attached hydrogen (secondary N) is 1. The summed E-state index contributed by atoms with van der Waals surface area (Å²) in [7, 11) is 0. The molecule has 114 valence electrons. The molecule has 1 heterocycles. The summed E-state index contributed by atoms with van der Waals surface area (Å²) in [6, 6.07) is 12.1. The number of carbonyl (C=O) groups excluding carboxylic acids is 1. The van der Waals surface area contributed by atoms with Gasteiger partial charge in [-0.05, 0) is 37.3 Å². The van der Waals surface area contributed by atoms with E-state index in [1.165, 1.54) is 0 Å². The van der Waals surface area contributed by atoms with Gasteiger partial charge in [0, 0.05) is 5.02 Å². The molecule has 0 radical (unpaired) electrons. The van der Waals surface area contributed by atoms with Crippen LogP contribution in [0.15, 0.2) is 42.5 Å². The van der Waals surface area contributed by atoms with Gasteiger partial charge in [0.25, 0.3) is 5.91 Å². The smallest absolute Gasteiger partial charge is 0.269 e. The lowest BCUT2D eigenvalue weighted by Gasteiger charge is -2.31. The number of anilines is 1. The van der Waals surface area contributed by atoms with Crippen LogP contribution in [0.1, 0.15) is 6.92 Å². The molecule has 1 aliphatic heterocycles. The Bertz CT molecular complexity index is 720. The molecule has 1 aliphatic rings. The Kier molecular flexibility index (Phi) is 4.14. The van der Waals surface area contributed by atoms with Crippen LogP contribution in [0.4, 0.5) is 5.69 Å². The van der Waals surface area contributed by atoms with E-state index >= 15 is 0 Å². The van der Waals surface area contributed by atoms with Gasteiger partial charge in [0.05, 0.1) is 10.7 Å². The number of hydrogen-bond acceptors (Lipinski definition) is 3. The van der Waals surface area contributed by atoms with E-state index < -0.39 is 12.2 Å². The predicted molar refractivity (Wildman–Crippen MR) is 86.0 cm³/mol. The first-order chi connectivity index (χ1) is 10.5. The minimum absolute atomic E-state index is 0.328. The monoisotopic (exact) mass is 337 g/mol. The third-order valence-electron chi connectivity index (χ3n) is 3.29. The number of carbonyl (C=O) groups is 1. The van der Waals surface area contributed by atoms with Crippen LogP contribution in [0.25, 0.3) is 0 Å². The Balaban J connectivity index is 1.78. The van der Waals surface area contributed by atoms with Gasteiger partial charge in [0.2, 0.25) is 6.10 Å². The fourth-order valence-electron chi connectivity index (χ4n) is 2.20. The van der Waals surface area contributed by atoms with Crippen LogP contribution < -0.4 is 14.8 Å². The Morgan fingerprint density at radius 3 is 2.45 bits per heavy atom. The summed E-state index contributed by atoms with van der Waals surface area (Å²) < 4.78 is 11.4. The number of amides is 1. The first-order valence-corrected chi connectivity index (χ1v) is 7.48. The Morgan fingerprint density at radius 2 is 1.77 bits per heavy atom. The molecule has 2 aromatic carbocycles. The molecule has 0 aliphatic carbocycles. The van der Waals surface area contributed by atoms with Crippen LogP contribution in [-0.4, -0.2) is 18.1 Å². The highest BCUT2D eigenvalue weighted by atomic mass is 35.5. The first kappa shape index (κ1) is 15.0. The molecule has 0 unspecified atom stereocenters. The van der Waals surface area contributed by atoms with Gasteiger partial charge in [-0.15, -0.1) is 0 Å². The summed E-state index contributed by atoms with van der Waals surface area (Å²) >= 11 is 11.9. The molecule has 2 atom stereocenters. The van der Waals surface area contributed by atoms with E-state index in [0.717, 1.165) is 0 Å². The highest BCUT2D eigenvalue weighted by Crippen LogP contribution is 2.34. The number of ether oxygens (including phenoxy) is 2. The third-order valence-corrected chi connectivity index (χ3v) is 3.84. The zero-order valence-corrected chi connectivity index (χ0v) is 13.2. The maximum Gasteiger partial charge on any atom is 0.269 e. The largest absolute Gasteiger partial charge is 0.482 e. The van der Waals surface area contributed by atoms with Crippen LogP contribution in [0, 0.1) is 0 Å². The van der Waals surface area contributed by atoms with Gasteiger partial charge in [-0.1, -0.05) is 35.3 Å². The van der Waals surface area contributed by atoms with Crippen LogP contribution >= 0.6 is 23.2 Å². The maximum absolute atomic E-state index is 12.4. The lowest BCUT2D eigenvalue weighted by Crippen LogP contribution is -2.46. The van der Waals surface area contributed by atoms with Crippen LogP contribution in [0.3, 0.4) is 0 Å². The van der Waals surface area contributed by atoms with Crippen molar-refractivity contribution in [1.82, 2.24) is 0 Å². The van der Waals surface area contributed by atoms with Crippen molar-refractivity contribution in [1.29, 1.82) is 0 Å². The molecule has 0 fully saturated rings. The summed E-state index contributed by atoms with van der Waals surface area (Å²) in [6.45, 7) is 1.78. The number of rotatable bonds is 2. The quantitative estimate of drug-likeness (QED) is 0.894.